The predicted molar refractivity (Wildman–Crippen MR) is 94.6 cm³/mol. The Balaban J connectivity index is 1.51. The van der Waals surface area contributed by atoms with Gasteiger partial charge in [-0.25, -0.2) is 9.97 Å². The van der Waals surface area contributed by atoms with Gasteiger partial charge in [-0.2, -0.15) is 0 Å². The zero-order valence-corrected chi connectivity index (χ0v) is 15.2. The van der Waals surface area contributed by atoms with Crippen molar-refractivity contribution in [2.75, 3.05) is 44.3 Å². The van der Waals surface area contributed by atoms with Gasteiger partial charge < -0.3 is 19.4 Å². The molecule has 0 aromatic carbocycles. The van der Waals surface area contributed by atoms with Crippen LogP contribution in [-0.4, -0.2) is 77.0 Å². The highest BCUT2D eigenvalue weighted by Crippen LogP contribution is 2.28. The summed E-state index contributed by atoms with van der Waals surface area (Å²) >= 11 is 0. The molecule has 0 N–H and O–H groups in total. The van der Waals surface area contributed by atoms with Crippen molar-refractivity contribution in [3.8, 4) is 0 Å². The van der Waals surface area contributed by atoms with Crippen molar-refractivity contribution in [2.24, 2.45) is 0 Å². The molecule has 0 spiro atoms. The molecule has 2 fully saturated rings. The van der Waals surface area contributed by atoms with E-state index in [1.165, 1.54) is 0 Å². The van der Waals surface area contributed by atoms with Crippen molar-refractivity contribution < 1.29 is 14.3 Å². The van der Waals surface area contributed by atoms with Crippen molar-refractivity contribution in [1.29, 1.82) is 0 Å². The molecule has 4 rings (SSSR count). The van der Waals surface area contributed by atoms with Crippen LogP contribution in [0, 0.1) is 0 Å². The Morgan fingerprint density at radius 2 is 1.96 bits per heavy atom. The van der Waals surface area contributed by atoms with Crippen LogP contribution in [0.3, 0.4) is 0 Å². The van der Waals surface area contributed by atoms with Crippen LogP contribution in [0.15, 0.2) is 6.33 Å². The van der Waals surface area contributed by atoms with E-state index in [0.29, 0.717) is 32.8 Å². The number of carbonyl (C=O) groups excluding carboxylic acids is 2. The smallest absolute Gasteiger partial charge is 0.245 e. The highest BCUT2D eigenvalue weighted by Gasteiger charge is 2.37. The van der Waals surface area contributed by atoms with E-state index < -0.39 is 0 Å². The van der Waals surface area contributed by atoms with Crippen molar-refractivity contribution in [3.63, 3.8) is 0 Å². The van der Waals surface area contributed by atoms with Crippen molar-refractivity contribution in [1.82, 2.24) is 19.8 Å². The molecule has 2 saturated heterocycles. The number of nitrogens with zero attached hydrogens (tertiary/aromatic N) is 5. The first-order valence-electron chi connectivity index (χ1n) is 9.36. The van der Waals surface area contributed by atoms with Crippen LogP contribution in [0.4, 0.5) is 5.82 Å². The van der Waals surface area contributed by atoms with Crippen LogP contribution < -0.4 is 4.90 Å². The van der Waals surface area contributed by atoms with E-state index in [0.717, 1.165) is 49.4 Å². The summed E-state index contributed by atoms with van der Waals surface area (Å²) in [4.78, 5) is 39.5. The molecule has 26 heavy (non-hydrogen) atoms. The number of morpholine rings is 1. The van der Waals surface area contributed by atoms with Gasteiger partial charge in [-0.1, -0.05) is 0 Å². The molecule has 1 aromatic rings. The standard InChI is InChI=1S/C18H25N5O3/c1-13(24)23-5-2-3-16(23)18(25)22-6-4-14-15(11-22)19-12-20-17(14)21-7-9-26-10-8-21/h12,16H,2-11H2,1H3/t16-/m0/s1. The van der Waals surface area contributed by atoms with Gasteiger partial charge in [0.25, 0.3) is 0 Å². The number of hydrogen-bond acceptors (Lipinski definition) is 6. The first-order chi connectivity index (χ1) is 12.6. The van der Waals surface area contributed by atoms with Crippen LogP contribution in [0.25, 0.3) is 0 Å². The van der Waals surface area contributed by atoms with E-state index in [9.17, 15) is 9.59 Å². The molecule has 2 amide bonds. The lowest BCUT2D eigenvalue weighted by molar-refractivity contribution is -0.143. The number of carbonyl (C=O) groups is 2. The van der Waals surface area contributed by atoms with E-state index in [1.54, 1.807) is 18.2 Å². The molecule has 140 valence electrons. The molecule has 0 aliphatic carbocycles. The summed E-state index contributed by atoms with van der Waals surface area (Å²) in [5.41, 5.74) is 2.07. The molecular formula is C18H25N5O3. The molecular weight excluding hydrogens is 334 g/mol. The fourth-order valence-electron chi connectivity index (χ4n) is 4.18. The normalized spacial score (nSPS) is 23.1. The largest absolute Gasteiger partial charge is 0.378 e. The second-order valence-corrected chi connectivity index (χ2v) is 7.10. The minimum absolute atomic E-state index is 0.0183. The maximum Gasteiger partial charge on any atom is 0.245 e. The molecule has 0 saturated carbocycles. The Bertz CT molecular complexity index is 704. The van der Waals surface area contributed by atoms with Gasteiger partial charge in [-0.05, 0) is 19.3 Å². The number of anilines is 1. The Kier molecular flexibility index (Phi) is 4.76. The lowest BCUT2D eigenvalue weighted by atomic mass is 10.0. The summed E-state index contributed by atoms with van der Waals surface area (Å²) in [6.07, 6.45) is 3.99. The maximum absolute atomic E-state index is 13.0. The lowest BCUT2D eigenvalue weighted by Crippen LogP contribution is -2.49. The van der Waals surface area contributed by atoms with Crippen LogP contribution in [0.1, 0.15) is 31.0 Å². The third kappa shape index (κ3) is 3.13. The minimum atomic E-state index is -0.311. The van der Waals surface area contributed by atoms with Crippen molar-refractivity contribution >= 4 is 17.6 Å². The summed E-state index contributed by atoms with van der Waals surface area (Å²) < 4.78 is 5.43. The quantitative estimate of drug-likeness (QED) is 0.751. The Hall–Kier alpha value is -2.22. The Labute approximate surface area is 153 Å². The molecule has 3 aliphatic rings. The number of amides is 2. The van der Waals surface area contributed by atoms with Gasteiger partial charge in [0.2, 0.25) is 11.8 Å². The van der Waals surface area contributed by atoms with Crippen LogP contribution >= 0.6 is 0 Å². The number of aromatic nitrogens is 2. The summed E-state index contributed by atoms with van der Waals surface area (Å²) in [6, 6.07) is -0.311. The number of likely N-dealkylation sites (tertiary alicyclic amines) is 1. The van der Waals surface area contributed by atoms with Gasteiger partial charge in [0.1, 0.15) is 18.2 Å². The molecule has 8 nitrogen and oxygen atoms in total. The third-order valence-electron chi connectivity index (χ3n) is 5.55. The van der Waals surface area contributed by atoms with E-state index in [1.807, 2.05) is 4.90 Å². The second-order valence-electron chi connectivity index (χ2n) is 7.10. The average Bonchev–Trinajstić information content (AvgIpc) is 3.17. The Morgan fingerprint density at radius 1 is 1.15 bits per heavy atom. The third-order valence-corrected chi connectivity index (χ3v) is 5.55. The molecule has 0 bridgehead atoms. The number of fused-ring (bicyclic) bond motifs is 1. The summed E-state index contributed by atoms with van der Waals surface area (Å²) in [6.45, 7) is 6.47. The molecule has 4 heterocycles. The van der Waals surface area contributed by atoms with Crippen LogP contribution in [0.2, 0.25) is 0 Å². The number of hydrogen-bond donors (Lipinski definition) is 0. The SMILES string of the molecule is CC(=O)N1CCC[C@H]1C(=O)N1CCc2c(ncnc2N2CCOCC2)C1. The van der Waals surface area contributed by atoms with Crippen molar-refractivity contribution in [2.45, 2.75) is 38.8 Å². The zero-order valence-electron chi connectivity index (χ0n) is 15.2. The van der Waals surface area contributed by atoms with Gasteiger partial charge in [0, 0.05) is 38.7 Å². The maximum atomic E-state index is 13.0. The topological polar surface area (TPSA) is 78.9 Å². The molecule has 0 radical (unpaired) electrons. The first kappa shape index (κ1) is 17.2. The second kappa shape index (κ2) is 7.19. The lowest BCUT2D eigenvalue weighted by Gasteiger charge is -2.35. The highest BCUT2D eigenvalue weighted by atomic mass is 16.5. The molecule has 0 unspecified atom stereocenters. The molecule has 1 atom stereocenters. The molecule has 1 aromatic heterocycles. The van der Waals surface area contributed by atoms with Crippen LogP contribution in [0.5, 0.6) is 0 Å². The number of ether oxygens (including phenoxy) is 1. The minimum Gasteiger partial charge on any atom is -0.378 e. The summed E-state index contributed by atoms with van der Waals surface area (Å²) in [5.74, 6) is 1.02. The highest BCUT2D eigenvalue weighted by molar-refractivity contribution is 5.87. The number of rotatable bonds is 2. The monoisotopic (exact) mass is 359 g/mol. The van der Waals surface area contributed by atoms with E-state index in [2.05, 4.69) is 14.9 Å². The van der Waals surface area contributed by atoms with Gasteiger partial charge in [0.15, 0.2) is 0 Å². The van der Waals surface area contributed by atoms with Gasteiger partial charge >= 0.3 is 0 Å². The first-order valence-corrected chi connectivity index (χ1v) is 9.36. The van der Waals surface area contributed by atoms with Gasteiger partial charge in [0.05, 0.1) is 25.5 Å². The van der Waals surface area contributed by atoms with E-state index >= 15 is 0 Å². The van der Waals surface area contributed by atoms with Crippen LogP contribution in [-0.2, 0) is 27.3 Å². The van der Waals surface area contributed by atoms with Gasteiger partial charge in [-0.3, -0.25) is 9.59 Å². The van der Waals surface area contributed by atoms with Crippen molar-refractivity contribution in [3.05, 3.63) is 17.6 Å². The molecule has 3 aliphatic heterocycles. The summed E-state index contributed by atoms with van der Waals surface area (Å²) in [5, 5.41) is 0. The fraction of sp³-hybridized carbons (Fsp3) is 0.667. The zero-order chi connectivity index (χ0) is 18.1. The molecule has 8 heteroatoms. The van der Waals surface area contributed by atoms with E-state index in [4.69, 9.17) is 4.74 Å². The summed E-state index contributed by atoms with van der Waals surface area (Å²) in [7, 11) is 0. The average molecular weight is 359 g/mol. The fourth-order valence-corrected chi connectivity index (χ4v) is 4.18. The van der Waals surface area contributed by atoms with Gasteiger partial charge in [-0.15, -0.1) is 0 Å². The Morgan fingerprint density at radius 3 is 2.73 bits per heavy atom. The predicted octanol–water partition coefficient (Wildman–Crippen LogP) is 0.209. The van der Waals surface area contributed by atoms with E-state index in [-0.39, 0.29) is 17.9 Å².